The number of hydrogen-bond acceptors (Lipinski definition) is 4. The van der Waals surface area contributed by atoms with Crippen molar-refractivity contribution in [1.82, 2.24) is 4.90 Å². The molecule has 3 nitrogen and oxygen atoms in total. The van der Waals surface area contributed by atoms with E-state index in [2.05, 4.69) is 45.5 Å². The molecule has 0 aliphatic rings. The summed E-state index contributed by atoms with van der Waals surface area (Å²) in [5.41, 5.74) is 0. The molecule has 0 spiro atoms. The Bertz CT molecular complexity index is 352. The zero-order chi connectivity index (χ0) is 12.1. The molecule has 16 heavy (non-hydrogen) atoms. The molecule has 0 saturated heterocycles. The Hall–Kier alpha value is -0.390. The van der Waals surface area contributed by atoms with Crippen LogP contribution in [0.4, 0.5) is 0 Å². The molecule has 0 bridgehead atoms. The lowest BCUT2D eigenvalue weighted by Gasteiger charge is -2.24. The van der Waals surface area contributed by atoms with Crippen LogP contribution in [0.15, 0.2) is 15.9 Å². The summed E-state index contributed by atoms with van der Waals surface area (Å²) in [6, 6.07) is 4.41. The van der Waals surface area contributed by atoms with Gasteiger partial charge in [0.15, 0.2) is 0 Å². The fourth-order valence-electron chi connectivity index (χ4n) is 1.29. The highest BCUT2D eigenvalue weighted by Crippen LogP contribution is 2.23. The Morgan fingerprint density at radius 3 is 2.69 bits per heavy atom. The first-order valence-electron chi connectivity index (χ1n) is 5.08. The van der Waals surface area contributed by atoms with Crippen LogP contribution >= 0.6 is 27.3 Å². The number of carbonyl (C=O) groups excluding carboxylic acids is 1. The average Bonchev–Trinajstić information content (AvgIpc) is 2.62. The van der Waals surface area contributed by atoms with Gasteiger partial charge in [0, 0.05) is 17.5 Å². The molecule has 0 aromatic carbocycles. The number of carbonyl (C=O) groups is 1. The van der Waals surface area contributed by atoms with Gasteiger partial charge in [0.25, 0.3) is 0 Å². The van der Waals surface area contributed by atoms with Gasteiger partial charge in [-0.2, -0.15) is 0 Å². The van der Waals surface area contributed by atoms with Crippen molar-refractivity contribution in [3.05, 3.63) is 20.8 Å². The number of hydrogen-bond donors (Lipinski definition) is 0. The Morgan fingerprint density at radius 1 is 1.56 bits per heavy atom. The van der Waals surface area contributed by atoms with Gasteiger partial charge >= 0.3 is 5.97 Å². The molecular formula is C11H16BrNO2S. The van der Waals surface area contributed by atoms with Crippen LogP contribution in [0.25, 0.3) is 0 Å². The van der Waals surface area contributed by atoms with Crippen LogP contribution in [0.1, 0.15) is 18.7 Å². The van der Waals surface area contributed by atoms with Gasteiger partial charge in [-0.15, -0.1) is 11.3 Å². The van der Waals surface area contributed by atoms with Crippen molar-refractivity contribution < 1.29 is 9.53 Å². The molecule has 0 atom stereocenters. The van der Waals surface area contributed by atoms with Gasteiger partial charge in [0.1, 0.15) is 0 Å². The highest BCUT2D eigenvalue weighted by Gasteiger charge is 2.15. The maximum atomic E-state index is 11.3. The van der Waals surface area contributed by atoms with Crippen LogP contribution in [0.5, 0.6) is 0 Å². The van der Waals surface area contributed by atoms with E-state index in [0.717, 1.165) is 10.3 Å². The molecule has 1 aromatic heterocycles. The van der Waals surface area contributed by atoms with Gasteiger partial charge in [0.05, 0.1) is 17.4 Å². The third-order valence-electron chi connectivity index (χ3n) is 2.28. The molecule has 0 saturated carbocycles. The van der Waals surface area contributed by atoms with E-state index in [4.69, 9.17) is 0 Å². The van der Waals surface area contributed by atoms with Gasteiger partial charge in [-0.1, -0.05) is 0 Å². The number of ether oxygens (including phenoxy) is 1. The second-order valence-electron chi connectivity index (χ2n) is 3.78. The van der Waals surface area contributed by atoms with Crippen molar-refractivity contribution >= 4 is 33.2 Å². The monoisotopic (exact) mass is 305 g/mol. The molecule has 0 fully saturated rings. The van der Waals surface area contributed by atoms with Crippen LogP contribution in [0.3, 0.4) is 0 Å². The van der Waals surface area contributed by atoms with Crippen molar-refractivity contribution in [2.45, 2.75) is 26.4 Å². The lowest BCUT2D eigenvalue weighted by Crippen LogP contribution is -2.35. The largest absolute Gasteiger partial charge is 0.468 e. The standard InChI is InChI=1S/C11H16BrNO2S/c1-8(2)13(7-11(14)15-3)6-9-4-5-10(12)16-9/h4-5,8H,6-7H2,1-3H3. The Balaban J connectivity index is 2.61. The van der Waals surface area contributed by atoms with E-state index in [-0.39, 0.29) is 5.97 Å². The number of methoxy groups -OCH3 is 1. The highest BCUT2D eigenvalue weighted by molar-refractivity contribution is 9.11. The Kier molecular flexibility index (Phi) is 5.44. The zero-order valence-corrected chi connectivity index (χ0v) is 12.1. The first-order chi connectivity index (χ1) is 7.52. The fraction of sp³-hybridized carbons (Fsp3) is 0.545. The number of rotatable bonds is 5. The molecule has 1 aromatic rings. The van der Waals surface area contributed by atoms with Crippen molar-refractivity contribution in [3.63, 3.8) is 0 Å². The summed E-state index contributed by atoms with van der Waals surface area (Å²) in [5, 5.41) is 0. The van der Waals surface area contributed by atoms with Gasteiger partial charge in [-0.05, 0) is 41.9 Å². The number of thiophene rings is 1. The molecule has 0 aliphatic carbocycles. The lowest BCUT2D eigenvalue weighted by molar-refractivity contribution is -0.142. The molecule has 0 radical (unpaired) electrons. The number of esters is 1. The molecular weight excluding hydrogens is 290 g/mol. The maximum Gasteiger partial charge on any atom is 0.319 e. The van der Waals surface area contributed by atoms with Crippen molar-refractivity contribution in [2.24, 2.45) is 0 Å². The summed E-state index contributed by atoms with van der Waals surface area (Å²) in [5.74, 6) is -0.190. The predicted octanol–water partition coefficient (Wildman–Crippen LogP) is 2.89. The smallest absolute Gasteiger partial charge is 0.319 e. The minimum absolute atomic E-state index is 0.190. The van der Waals surface area contributed by atoms with Gasteiger partial charge < -0.3 is 4.74 Å². The topological polar surface area (TPSA) is 29.5 Å². The molecule has 1 heterocycles. The number of nitrogens with zero attached hydrogens (tertiary/aromatic N) is 1. The first kappa shape index (κ1) is 13.7. The highest BCUT2D eigenvalue weighted by atomic mass is 79.9. The van der Waals surface area contributed by atoms with Crippen LogP contribution in [-0.2, 0) is 16.1 Å². The molecule has 0 aliphatic heterocycles. The molecule has 0 unspecified atom stereocenters. The summed E-state index contributed by atoms with van der Waals surface area (Å²) in [6.45, 7) is 5.27. The summed E-state index contributed by atoms with van der Waals surface area (Å²) < 4.78 is 5.80. The minimum atomic E-state index is -0.190. The Morgan fingerprint density at radius 2 is 2.25 bits per heavy atom. The second kappa shape index (κ2) is 6.37. The van der Waals surface area contributed by atoms with E-state index < -0.39 is 0 Å². The molecule has 90 valence electrons. The molecule has 5 heteroatoms. The lowest BCUT2D eigenvalue weighted by atomic mass is 10.3. The Labute approximate surface area is 109 Å². The summed E-state index contributed by atoms with van der Waals surface area (Å²) >= 11 is 5.12. The van der Waals surface area contributed by atoms with Crippen LogP contribution in [0.2, 0.25) is 0 Å². The molecule has 0 N–H and O–H groups in total. The normalized spacial score (nSPS) is 11.1. The maximum absolute atomic E-state index is 11.3. The zero-order valence-electron chi connectivity index (χ0n) is 9.70. The van der Waals surface area contributed by atoms with Gasteiger partial charge in [0.2, 0.25) is 0 Å². The molecule has 1 rings (SSSR count). The van der Waals surface area contributed by atoms with E-state index in [9.17, 15) is 4.79 Å². The second-order valence-corrected chi connectivity index (χ2v) is 6.33. The average molecular weight is 306 g/mol. The molecule has 0 amide bonds. The van der Waals surface area contributed by atoms with Gasteiger partial charge in [-0.25, -0.2) is 0 Å². The van der Waals surface area contributed by atoms with E-state index in [1.807, 2.05) is 6.07 Å². The number of halogens is 1. The first-order valence-corrected chi connectivity index (χ1v) is 6.69. The van der Waals surface area contributed by atoms with Crippen LogP contribution < -0.4 is 0 Å². The summed E-state index contributed by atoms with van der Waals surface area (Å²) in [6.07, 6.45) is 0. The van der Waals surface area contributed by atoms with E-state index in [1.165, 1.54) is 12.0 Å². The third-order valence-corrected chi connectivity index (χ3v) is 3.89. The van der Waals surface area contributed by atoms with E-state index in [0.29, 0.717) is 12.6 Å². The third kappa shape index (κ3) is 4.23. The van der Waals surface area contributed by atoms with Crippen LogP contribution in [-0.4, -0.2) is 30.6 Å². The quantitative estimate of drug-likeness (QED) is 0.784. The fourth-order valence-corrected chi connectivity index (χ4v) is 2.80. The summed E-state index contributed by atoms with van der Waals surface area (Å²) in [7, 11) is 1.42. The van der Waals surface area contributed by atoms with E-state index >= 15 is 0 Å². The SMILES string of the molecule is COC(=O)CN(Cc1ccc(Br)s1)C(C)C. The summed E-state index contributed by atoms with van der Waals surface area (Å²) in [4.78, 5) is 14.6. The van der Waals surface area contributed by atoms with Crippen LogP contribution in [0, 0.1) is 0 Å². The van der Waals surface area contributed by atoms with Crippen molar-refractivity contribution in [1.29, 1.82) is 0 Å². The predicted molar refractivity (Wildman–Crippen MR) is 69.6 cm³/mol. The van der Waals surface area contributed by atoms with Gasteiger partial charge in [-0.3, -0.25) is 9.69 Å². The minimum Gasteiger partial charge on any atom is -0.468 e. The van der Waals surface area contributed by atoms with Crippen molar-refractivity contribution in [2.75, 3.05) is 13.7 Å². The van der Waals surface area contributed by atoms with Crippen molar-refractivity contribution in [3.8, 4) is 0 Å². The van der Waals surface area contributed by atoms with E-state index in [1.54, 1.807) is 11.3 Å².